The maximum absolute atomic E-state index is 13.6. The number of ether oxygens (including phenoxy) is 3. The Hall–Kier alpha value is -1.57. The van der Waals surface area contributed by atoms with Crippen molar-refractivity contribution in [2.75, 3.05) is 33.3 Å². The number of halogens is 2. The van der Waals surface area contributed by atoms with E-state index in [1.807, 2.05) is 0 Å². The maximum Gasteiger partial charge on any atom is 0.243 e. The lowest BCUT2D eigenvalue weighted by atomic mass is 10.2. The summed E-state index contributed by atoms with van der Waals surface area (Å²) >= 11 is 0. The van der Waals surface area contributed by atoms with Gasteiger partial charge in [-0.05, 0) is 0 Å². The van der Waals surface area contributed by atoms with Crippen LogP contribution in [0.25, 0.3) is 0 Å². The quantitative estimate of drug-likeness (QED) is 0.824. The fourth-order valence-corrected chi connectivity index (χ4v) is 1.44. The minimum atomic E-state index is -0.847. The molecule has 1 rings (SSSR count). The molecule has 0 radical (unpaired) electrons. The highest BCUT2D eigenvalue weighted by Crippen LogP contribution is 2.31. The number of carbonyl (C=O) groups excluding carboxylic acids is 1. The Morgan fingerprint density at radius 2 is 1.90 bits per heavy atom. The summed E-state index contributed by atoms with van der Waals surface area (Å²) in [7, 11) is 4.17. The van der Waals surface area contributed by atoms with Gasteiger partial charge in [-0.25, -0.2) is 4.39 Å². The number of methoxy groups -OCH3 is 3. The molecule has 1 atom stereocenters. The van der Waals surface area contributed by atoms with E-state index in [1.54, 1.807) is 0 Å². The van der Waals surface area contributed by atoms with Gasteiger partial charge in [0.05, 0.1) is 26.5 Å². The Balaban J connectivity index is 0.00000361. The predicted octanol–water partition coefficient (Wildman–Crippen LogP) is 1.18. The lowest BCUT2D eigenvalue weighted by Crippen LogP contribution is -2.39. The monoisotopic (exact) mass is 308 g/mol. The zero-order chi connectivity index (χ0) is 14.4. The lowest BCUT2D eigenvalue weighted by molar-refractivity contribution is -0.118. The first-order valence-corrected chi connectivity index (χ1v) is 5.50. The number of rotatable bonds is 6. The summed E-state index contributed by atoms with van der Waals surface area (Å²) in [4.78, 5) is 11.7. The third kappa shape index (κ3) is 4.52. The lowest BCUT2D eigenvalue weighted by Gasteiger charge is -2.15. The van der Waals surface area contributed by atoms with Crippen LogP contribution in [0.3, 0.4) is 0 Å². The molecule has 1 amide bonds. The second kappa shape index (κ2) is 8.57. The van der Waals surface area contributed by atoms with Gasteiger partial charge >= 0.3 is 0 Å². The van der Waals surface area contributed by atoms with Crippen molar-refractivity contribution in [1.82, 2.24) is 0 Å². The molecule has 0 bridgehead atoms. The number of carbonyl (C=O) groups is 1. The topological polar surface area (TPSA) is 82.8 Å². The molecule has 114 valence electrons. The summed E-state index contributed by atoms with van der Waals surface area (Å²) in [6.07, 6.45) is 0. The van der Waals surface area contributed by atoms with Gasteiger partial charge in [0.25, 0.3) is 0 Å². The number of amides is 1. The average molecular weight is 309 g/mol. The summed E-state index contributed by atoms with van der Waals surface area (Å²) < 4.78 is 28.2. The van der Waals surface area contributed by atoms with Gasteiger partial charge in [0.15, 0.2) is 11.6 Å². The van der Waals surface area contributed by atoms with Crippen LogP contribution >= 0.6 is 12.4 Å². The third-order valence-electron chi connectivity index (χ3n) is 2.41. The van der Waals surface area contributed by atoms with Gasteiger partial charge in [-0.15, -0.1) is 12.4 Å². The minimum Gasteiger partial charge on any atom is -0.494 e. The van der Waals surface area contributed by atoms with Crippen molar-refractivity contribution in [2.45, 2.75) is 6.04 Å². The molecule has 0 aliphatic rings. The molecule has 8 heteroatoms. The van der Waals surface area contributed by atoms with Crippen molar-refractivity contribution in [3.8, 4) is 11.5 Å². The largest absolute Gasteiger partial charge is 0.494 e. The highest BCUT2D eigenvalue weighted by atomic mass is 35.5. The Bertz CT molecular complexity index is 459. The van der Waals surface area contributed by atoms with E-state index in [4.69, 9.17) is 19.9 Å². The van der Waals surface area contributed by atoms with E-state index in [0.717, 1.165) is 6.07 Å². The number of nitrogens with one attached hydrogen (secondary N) is 1. The van der Waals surface area contributed by atoms with Gasteiger partial charge in [0.2, 0.25) is 5.91 Å². The molecule has 1 aromatic rings. The number of hydrogen-bond acceptors (Lipinski definition) is 5. The number of anilines is 1. The number of benzene rings is 1. The molecule has 0 fully saturated rings. The molecule has 0 saturated heterocycles. The van der Waals surface area contributed by atoms with Gasteiger partial charge in [-0.1, -0.05) is 0 Å². The van der Waals surface area contributed by atoms with Crippen molar-refractivity contribution in [2.24, 2.45) is 5.73 Å². The van der Waals surface area contributed by atoms with Gasteiger partial charge in [0.1, 0.15) is 11.8 Å². The van der Waals surface area contributed by atoms with Crippen LogP contribution in [-0.4, -0.2) is 39.9 Å². The summed E-state index contributed by atoms with van der Waals surface area (Å²) in [5, 5.41) is 2.47. The maximum atomic E-state index is 13.6. The van der Waals surface area contributed by atoms with E-state index in [2.05, 4.69) is 5.32 Å². The molecule has 1 unspecified atom stereocenters. The number of nitrogens with two attached hydrogens (primary N) is 1. The van der Waals surface area contributed by atoms with Crippen LogP contribution < -0.4 is 20.5 Å². The first kappa shape index (κ1) is 18.4. The second-order valence-electron chi connectivity index (χ2n) is 3.74. The molecule has 20 heavy (non-hydrogen) atoms. The van der Waals surface area contributed by atoms with E-state index < -0.39 is 17.8 Å². The van der Waals surface area contributed by atoms with Crippen molar-refractivity contribution in [1.29, 1.82) is 0 Å². The molecule has 0 aromatic heterocycles. The zero-order valence-electron chi connectivity index (χ0n) is 11.4. The van der Waals surface area contributed by atoms with Crippen LogP contribution in [0, 0.1) is 5.82 Å². The van der Waals surface area contributed by atoms with E-state index in [0.29, 0.717) is 0 Å². The standard InChI is InChI=1S/C12H17FN2O4.ClH/c1-17-6-8(14)12(16)15-9-4-7(13)10(18-2)5-11(9)19-3;/h4-5,8H,6,14H2,1-3H3,(H,15,16);1H. The smallest absolute Gasteiger partial charge is 0.243 e. The normalized spacial score (nSPS) is 11.2. The second-order valence-corrected chi connectivity index (χ2v) is 3.74. The Morgan fingerprint density at radius 3 is 2.40 bits per heavy atom. The van der Waals surface area contributed by atoms with Crippen molar-refractivity contribution >= 4 is 24.0 Å². The van der Waals surface area contributed by atoms with Crippen LogP contribution in [0.2, 0.25) is 0 Å². The summed E-state index contributed by atoms with van der Waals surface area (Å²) in [5.74, 6) is -0.809. The third-order valence-corrected chi connectivity index (χ3v) is 2.41. The zero-order valence-corrected chi connectivity index (χ0v) is 12.3. The molecule has 3 N–H and O–H groups in total. The molecular weight excluding hydrogens is 291 g/mol. The molecule has 0 aliphatic heterocycles. The highest BCUT2D eigenvalue weighted by molar-refractivity contribution is 5.96. The Morgan fingerprint density at radius 1 is 1.30 bits per heavy atom. The first-order chi connectivity index (χ1) is 9.03. The molecule has 0 aliphatic carbocycles. The van der Waals surface area contributed by atoms with Crippen molar-refractivity contribution in [3.63, 3.8) is 0 Å². The fourth-order valence-electron chi connectivity index (χ4n) is 1.44. The van der Waals surface area contributed by atoms with E-state index >= 15 is 0 Å². The van der Waals surface area contributed by atoms with Crippen LogP contribution in [-0.2, 0) is 9.53 Å². The number of hydrogen-bond donors (Lipinski definition) is 2. The molecule has 1 aromatic carbocycles. The fraction of sp³-hybridized carbons (Fsp3) is 0.417. The van der Waals surface area contributed by atoms with E-state index in [1.165, 1.54) is 27.4 Å². The van der Waals surface area contributed by atoms with Crippen LogP contribution in [0.1, 0.15) is 0 Å². The Kier molecular flexibility index (Phi) is 7.90. The van der Waals surface area contributed by atoms with Gasteiger partial charge in [-0.2, -0.15) is 0 Å². The summed E-state index contributed by atoms with van der Waals surface area (Å²) in [6.45, 7) is 0.0623. The van der Waals surface area contributed by atoms with Gasteiger partial charge in [0, 0.05) is 19.2 Å². The summed E-state index contributed by atoms with van der Waals surface area (Å²) in [5.41, 5.74) is 5.74. The van der Waals surface area contributed by atoms with E-state index in [9.17, 15) is 9.18 Å². The first-order valence-electron chi connectivity index (χ1n) is 5.50. The van der Waals surface area contributed by atoms with E-state index in [-0.39, 0.29) is 36.2 Å². The molecule has 6 nitrogen and oxygen atoms in total. The van der Waals surface area contributed by atoms with Gasteiger partial charge < -0.3 is 25.3 Å². The van der Waals surface area contributed by atoms with Crippen LogP contribution in [0.5, 0.6) is 11.5 Å². The van der Waals surface area contributed by atoms with Crippen molar-refractivity contribution < 1.29 is 23.4 Å². The van der Waals surface area contributed by atoms with Gasteiger partial charge in [-0.3, -0.25) is 4.79 Å². The SMILES string of the molecule is COCC(N)C(=O)Nc1cc(F)c(OC)cc1OC.Cl. The van der Waals surface area contributed by atoms with Crippen LogP contribution in [0.4, 0.5) is 10.1 Å². The Labute approximate surface area is 122 Å². The minimum absolute atomic E-state index is 0. The molecule has 0 saturated carbocycles. The average Bonchev–Trinajstić information content (AvgIpc) is 2.39. The molecule has 0 heterocycles. The summed E-state index contributed by atoms with van der Waals surface area (Å²) in [6, 6.07) is 1.60. The van der Waals surface area contributed by atoms with Crippen molar-refractivity contribution in [3.05, 3.63) is 17.9 Å². The molecule has 0 spiro atoms. The highest BCUT2D eigenvalue weighted by Gasteiger charge is 2.17. The molecular formula is C12H18ClFN2O4. The van der Waals surface area contributed by atoms with Crippen LogP contribution in [0.15, 0.2) is 12.1 Å². The predicted molar refractivity (Wildman–Crippen MR) is 75.2 cm³/mol.